The quantitative estimate of drug-likeness (QED) is 0.811. The molecule has 0 aliphatic carbocycles. The molecule has 0 amide bonds. The van der Waals surface area contributed by atoms with Crippen LogP contribution in [0.2, 0.25) is 5.02 Å². The zero-order valence-corrected chi connectivity index (χ0v) is 9.43. The predicted octanol–water partition coefficient (Wildman–Crippen LogP) is 2.73. The van der Waals surface area contributed by atoms with Crippen molar-refractivity contribution >= 4 is 11.6 Å². The molecule has 1 heterocycles. The van der Waals surface area contributed by atoms with Crippen LogP contribution in [0.1, 0.15) is 24.8 Å². The Morgan fingerprint density at radius 2 is 2.20 bits per heavy atom. The van der Waals surface area contributed by atoms with Gasteiger partial charge in [0.2, 0.25) is 0 Å². The number of halogens is 1. The molecule has 2 N–H and O–H groups in total. The standard InChI is InChI=1S/C12H16ClNO/c13-10-5-9(7-12(15)8-10)6-11-3-1-2-4-14-11/h5,7-8,11,14-15H,1-4,6H2. The minimum atomic E-state index is 0.258. The Bertz CT molecular complexity index is 314. The maximum Gasteiger partial charge on any atom is 0.117 e. The fraction of sp³-hybridized carbons (Fsp3) is 0.500. The summed E-state index contributed by atoms with van der Waals surface area (Å²) in [6.45, 7) is 1.11. The highest BCUT2D eigenvalue weighted by molar-refractivity contribution is 6.30. The Morgan fingerprint density at radius 3 is 2.87 bits per heavy atom. The highest BCUT2D eigenvalue weighted by atomic mass is 35.5. The third-order valence-electron chi connectivity index (χ3n) is 2.84. The smallest absolute Gasteiger partial charge is 0.117 e. The molecule has 82 valence electrons. The number of hydrogen-bond donors (Lipinski definition) is 2. The molecule has 0 saturated carbocycles. The summed E-state index contributed by atoms with van der Waals surface area (Å²) in [5.74, 6) is 0.258. The fourth-order valence-electron chi connectivity index (χ4n) is 2.13. The van der Waals surface area contributed by atoms with Crippen LogP contribution in [-0.4, -0.2) is 17.7 Å². The van der Waals surface area contributed by atoms with Crippen LogP contribution in [0.4, 0.5) is 0 Å². The molecule has 0 bridgehead atoms. The van der Waals surface area contributed by atoms with Gasteiger partial charge >= 0.3 is 0 Å². The molecule has 1 aromatic rings. The molecule has 1 unspecified atom stereocenters. The van der Waals surface area contributed by atoms with Crippen molar-refractivity contribution in [2.75, 3.05) is 6.54 Å². The monoisotopic (exact) mass is 225 g/mol. The number of piperidine rings is 1. The lowest BCUT2D eigenvalue weighted by atomic mass is 9.98. The van der Waals surface area contributed by atoms with Crippen LogP contribution < -0.4 is 5.32 Å². The number of phenols is 1. The highest BCUT2D eigenvalue weighted by Gasteiger charge is 2.13. The van der Waals surface area contributed by atoms with Gasteiger partial charge in [0, 0.05) is 11.1 Å². The molecular formula is C12H16ClNO. The molecule has 1 aliphatic rings. The lowest BCUT2D eigenvalue weighted by molar-refractivity contribution is 0.398. The first-order valence-electron chi connectivity index (χ1n) is 5.46. The van der Waals surface area contributed by atoms with E-state index in [2.05, 4.69) is 5.32 Å². The molecule has 2 nitrogen and oxygen atoms in total. The Labute approximate surface area is 95.3 Å². The fourth-order valence-corrected chi connectivity index (χ4v) is 2.39. The molecule has 1 fully saturated rings. The number of hydrogen-bond acceptors (Lipinski definition) is 2. The Hall–Kier alpha value is -0.730. The second-order valence-corrected chi connectivity index (χ2v) is 4.61. The first kappa shape index (κ1) is 10.8. The molecule has 0 spiro atoms. The summed E-state index contributed by atoms with van der Waals surface area (Å²) in [7, 11) is 0. The van der Waals surface area contributed by atoms with Crippen LogP contribution in [0.5, 0.6) is 5.75 Å². The predicted molar refractivity (Wildman–Crippen MR) is 62.5 cm³/mol. The zero-order valence-electron chi connectivity index (χ0n) is 8.67. The highest BCUT2D eigenvalue weighted by Crippen LogP contribution is 2.22. The lowest BCUT2D eigenvalue weighted by Crippen LogP contribution is -2.35. The van der Waals surface area contributed by atoms with Gasteiger partial charge in [-0.05, 0) is 49.6 Å². The summed E-state index contributed by atoms with van der Waals surface area (Å²) in [6.07, 6.45) is 4.74. The number of nitrogens with one attached hydrogen (secondary N) is 1. The number of phenolic OH excluding ortho intramolecular Hbond substituents is 1. The van der Waals surface area contributed by atoms with Gasteiger partial charge in [-0.3, -0.25) is 0 Å². The third kappa shape index (κ3) is 3.11. The molecule has 0 aromatic heterocycles. The van der Waals surface area contributed by atoms with Crippen molar-refractivity contribution in [3.05, 3.63) is 28.8 Å². The van der Waals surface area contributed by atoms with Crippen molar-refractivity contribution in [3.63, 3.8) is 0 Å². The van der Waals surface area contributed by atoms with Gasteiger partial charge in [0.15, 0.2) is 0 Å². The van der Waals surface area contributed by atoms with Crippen molar-refractivity contribution in [2.45, 2.75) is 31.7 Å². The van der Waals surface area contributed by atoms with Crippen LogP contribution in [0.15, 0.2) is 18.2 Å². The van der Waals surface area contributed by atoms with E-state index in [0.29, 0.717) is 11.1 Å². The number of rotatable bonds is 2. The first-order valence-corrected chi connectivity index (χ1v) is 5.83. The average Bonchev–Trinajstić information content (AvgIpc) is 2.17. The van der Waals surface area contributed by atoms with E-state index in [1.807, 2.05) is 6.07 Å². The van der Waals surface area contributed by atoms with Gasteiger partial charge in [0.25, 0.3) is 0 Å². The number of aromatic hydroxyl groups is 1. The van der Waals surface area contributed by atoms with Gasteiger partial charge in [0.1, 0.15) is 5.75 Å². The summed E-state index contributed by atoms with van der Waals surface area (Å²) < 4.78 is 0. The zero-order chi connectivity index (χ0) is 10.7. The van der Waals surface area contributed by atoms with Gasteiger partial charge in [-0.15, -0.1) is 0 Å². The van der Waals surface area contributed by atoms with Crippen LogP contribution in [0.3, 0.4) is 0 Å². The average molecular weight is 226 g/mol. The van der Waals surface area contributed by atoms with E-state index in [1.165, 1.54) is 19.3 Å². The molecule has 1 aromatic carbocycles. The van der Waals surface area contributed by atoms with E-state index in [1.54, 1.807) is 12.1 Å². The van der Waals surface area contributed by atoms with E-state index in [0.717, 1.165) is 18.5 Å². The molecular weight excluding hydrogens is 210 g/mol. The summed E-state index contributed by atoms with van der Waals surface area (Å²) in [4.78, 5) is 0. The summed E-state index contributed by atoms with van der Waals surface area (Å²) in [5, 5.41) is 13.5. The third-order valence-corrected chi connectivity index (χ3v) is 3.06. The van der Waals surface area contributed by atoms with Crippen molar-refractivity contribution in [2.24, 2.45) is 0 Å². The minimum Gasteiger partial charge on any atom is -0.508 e. The molecule has 0 radical (unpaired) electrons. The maximum atomic E-state index is 9.42. The maximum absolute atomic E-state index is 9.42. The van der Waals surface area contributed by atoms with Crippen molar-refractivity contribution in [1.82, 2.24) is 5.32 Å². The van der Waals surface area contributed by atoms with E-state index in [4.69, 9.17) is 11.6 Å². The molecule has 1 aliphatic heterocycles. The van der Waals surface area contributed by atoms with E-state index < -0.39 is 0 Å². The lowest BCUT2D eigenvalue weighted by Gasteiger charge is -2.23. The SMILES string of the molecule is Oc1cc(Cl)cc(CC2CCCCN2)c1. The molecule has 1 atom stereocenters. The van der Waals surface area contributed by atoms with Gasteiger partial charge in [-0.25, -0.2) is 0 Å². The second-order valence-electron chi connectivity index (χ2n) is 4.17. The molecule has 2 rings (SSSR count). The van der Waals surface area contributed by atoms with E-state index >= 15 is 0 Å². The van der Waals surface area contributed by atoms with Gasteiger partial charge in [0.05, 0.1) is 0 Å². The number of benzene rings is 1. The van der Waals surface area contributed by atoms with E-state index in [-0.39, 0.29) is 5.75 Å². The van der Waals surface area contributed by atoms with Gasteiger partial charge in [-0.1, -0.05) is 18.0 Å². The molecule has 15 heavy (non-hydrogen) atoms. The summed E-state index contributed by atoms with van der Waals surface area (Å²) >= 11 is 5.89. The Balaban J connectivity index is 2.02. The first-order chi connectivity index (χ1) is 7.24. The van der Waals surface area contributed by atoms with Crippen molar-refractivity contribution < 1.29 is 5.11 Å². The van der Waals surface area contributed by atoms with Crippen LogP contribution in [0.25, 0.3) is 0 Å². The Kier molecular flexibility index (Phi) is 3.49. The minimum absolute atomic E-state index is 0.258. The molecule has 3 heteroatoms. The molecule has 1 saturated heterocycles. The van der Waals surface area contributed by atoms with Gasteiger partial charge in [-0.2, -0.15) is 0 Å². The van der Waals surface area contributed by atoms with Gasteiger partial charge < -0.3 is 10.4 Å². The normalized spacial score (nSPS) is 21.5. The van der Waals surface area contributed by atoms with Crippen molar-refractivity contribution in [3.8, 4) is 5.75 Å². The van der Waals surface area contributed by atoms with E-state index in [9.17, 15) is 5.11 Å². The summed E-state index contributed by atoms with van der Waals surface area (Å²) in [6, 6.07) is 5.83. The van der Waals surface area contributed by atoms with Crippen molar-refractivity contribution in [1.29, 1.82) is 0 Å². The van der Waals surface area contributed by atoms with Crippen LogP contribution >= 0.6 is 11.6 Å². The Morgan fingerprint density at radius 1 is 1.33 bits per heavy atom. The largest absolute Gasteiger partial charge is 0.508 e. The summed E-state index contributed by atoms with van der Waals surface area (Å²) in [5.41, 5.74) is 1.11. The second kappa shape index (κ2) is 4.86. The topological polar surface area (TPSA) is 32.3 Å². The van der Waals surface area contributed by atoms with Crippen LogP contribution in [0, 0.1) is 0 Å². The van der Waals surface area contributed by atoms with Crippen LogP contribution in [-0.2, 0) is 6.42 Å².